The SMILES string of the molecule is COc1cc2ccc1Oc1cccc(c1)CO[C@H]1CN(C(=O)c3cnn4ccn(C)c34)CC[C@@H]1NC(=O)CN(C)C(=O)CC2. The van der Waals surface area contributed by atoms with Gasteiger partial charge in [0.05, 0.1) is 38.6 Å². The number of carbonyl (C=O) groups is 3. The molecule has 12 heteroatoms. The lowest BCUT2D eigenvalue weighted by Crippen LogP contribution is -2.57. The Balaban J connectivity index is 1.26. The van der Waals surface area contributed by atoms with Gasteiger partial charge in [-0.05, 0) is 48.2 Å². The summed E-state index contributed by atoms with van der Waals surface area (Å²) in [6, 6.07) is 12.8. The standard InChI is InChI=1S/C32H36N6O6/c1-35-13-14-38-31(35)24(17-33-38)32(41)37-12-11-25-28(18-37)43-20-22-5-4-6-23(15-22)44-26-9-7-21(16-27(26)42-3)8-10-30(40)36(2)19-29(39)34-25/h4-7,9,13-17,25,28H,8,10-12,18-20H2,1-3H3,(H,34,39)/t25-,28-/m0/s1. The van der Waals surface area contributed by atoms with Crippen molar-refractivity contribution in [1.29, 1.82) is 0 Å². The van der Waals surface area contributed by atoms with Crippen LogP contribution in [0.25, 0.3) is 5.65 Å². The maximum Gasteiger partial charge on any atom is 0.259 e. The van der Waals surface area contributed by atoms with E-state index in [-0.39, 0.29) is 49.9 Å². The van der Waals surface area contributed by atoms with Crippen molar-refractivity contribution in [2.24, 2.45) is 7.05 Å². The second-order valence-electron chi connectivity index (χ2n) is 11.3. The molecule has 2 atom stereocenters. The molecule has 3 amide bonds. The number of fused-ring (bicyclic) bond motifs is 10. The number of nitrogens with one attached hydrogen (secondary N) is 1. The number of hydrogen-bond donors (Lipinski definition) is 1. The Morgan fingerprint density at radius 2 is 1.93 bits per heavy atom. The average Bonchev–Trinajstić information content (AvgIpc) is 3.62. The molecule has 3 aliphatic rings. The summed E-state index contributed by atoms with van der Waals surface area (Å²) in [5.74, 6) is 1.16. The molecule has 4 bridgehead atoms. The van der Waals surface area contributed by atoms with E-state index in [0.717, 1.165) is 11.1 Å². The average molecular weight is 601 g/mol. The Morgan fingerprint density at radius 1 is 1.07 bits per heavy atom. The fraction of sp³-hybridized carbons (Fsp3) is 0.375. The van der Waals surface area contributed by atoms with Gasteiger partial charge in [-0.15, -0.1) is 0 Å². The Morgan fingerprint density at radius 3 is 2.77 bits per heavy atom. The zero-order chi connectivity index (χ0) is 30.8. The van der Waals surface area contributed by atoms with Gasteiger partial charge in [-0.2, -0.15) is 5.10 Å². The minimum absolute atomic E-state index is 0.0786. The molecule has 44 heavy (non-hydrogen) atoms. The first-order chi connectivity index (χ1) is 21.3. The Kier molecular flexibility index (Phi) is 8.25. The number of piperidine rings is 1. The molecule has 230 valence electrons. The number of rotatable bonds is 2. The Bertz CT molecular complexity index is 1700. The van der Waals surface area contributed by atoms with E-state index >= 15 is 0 Å². The molecule has 1 N–H and O–H groups in total. The summed E-state index contributed by atoms with van der Waals surface area (Å²) in [5, 5.41) is 7.39. The number of imidazole rings is 1. The Hall–Kier alpha value is -4.84. The summed E-state index contributed by atoms with van der Waals surface area (Å²) in [6.45, 7) is 0.869. The van der Waals surface area contributed by atoms with Gasteiger partial charge in [0.1, 0.15) is 17.0 Å². The molecule has 1 saturated heterocycles. The van der Waals surface area contributed by atoms with Gasteiger partial charge in [-0.25, -0.2) is 4.52 Å². The van der Waals surface area contributed by atoms with Crippen LogP contribution in [0.1, 0.15) is 34.3 Å². The molecule has 0 saturated carbocycles. The maximum absolute atomic E-state index is 13.7. The molecule has 3 aliphatic heterocycles. The molecular weight excluding hydrogens is 564 g/mol. The second-order valence-corrected chi connectivity index (χ2v) is 11.3. The first-order valence-electron chi connectivity index (χ1n) is 14.7. The number of nitrogens with zero attached hydrogens (tertiary/aromatic N) is 5. The molecule has 4 aromatic rings. The van der Waals surface area contributed by atoms with Gasteiger partial charge in [0.2, 0.25) is 11.8 Å². The predicted octanol–water partition coefficient (Wildman–Crippen LogP) is 2.79. The van der Waals surface area contributed by atoms with E-state index in [1.165, 1.54) is 4.90 Å². The minimum Gasteiger partial charge on any atom is -0.493 e. The molecule has 0 aliphatic carbocycles. The van der Waals surface area contributed by atoms with Gasteiger partial charge < -0.3 is 33.9 Å². The highest BCUT2D eigenvalue weighted by Gasteiger charge is 2.35. The third kappa shape index (κ3) is 6.11. The number of aryl methyl sites for hydroxylation is 2. The Labute approximate surface area is 255 Å². The molecule has 0 spiro atoms. The summed E-state index contributed by atoms with van der Waals surface area (Å²) in [7, 11) is 5.07. The van der Waals surface area contributed by atoms with E-state index in [9.17, 15) is 14.4 Å². The monoisotopic (exact) mass is 600 g/mol. The van der Waals surface area contributed by atoms with Gasteiger partial charge in [-0.3, -0.25) is 14.4 Å². The number of benzene rings is 2. The first-order valence-corrected chi connectivity index (χ1v) is 14.7. The lowest BCUT2D eigenvalue weighted by atomic mass is 10.0. The molecule has 12 nitrogen and oxygen atoms in total. The first kappa shape index (κ1) is 29.2. The van der Waals surface area contributed by atoms with Crippen molar-refractivity contribution in [1.82, 2.24) is 29.3 Å². The van der Waals surface area contributed by atoms with Crippen LogP contribution < -0.4 is 14.8 Å². The fourth-order valence-corrected chi connectivity index (χ4v) is 5.79. The molecule has 0 unspecified atom stereocenters. The number of hydrogen-bond acceptors (Lipinski definition) is 7. The van der Waals surface area contributed by atoms with Crippen LogP contribution in [0.3, 0.4) is 0 Å². The minimum atomic E-state index is -0.490. The zero-order valence-corrected chi connectivity index (χ0v) is 25.1. The topological polar surface area (TPSA) is 120 Å². The number of likely N-dealkylation sites (N-methyl/N-ethyl adjacent to an activating group) is 1. The van der Waals surface area contributed by atoms with Crippen LogP contribution in [0.4, 0.5) is 0 Å². The number of likely N-dealkylation sites (tertiary alicyclic amines) is 1. The number of methoxy groups -OCH3 is 1. The van der Waals surface area contributed by atoms with E-state index in [4.69, 9.17) is 14.2 Å². The van der Waals surface area contributed by atoms with Crippen LogP contribution >= 0.6 is 0 Å². The summed E-state index contributed by atoms with van der Waals surface area (Å²) in [5.41, 5.74) is 3.01. The van der Waals surface area contributed by atoms with Gasteiger partial charge in [0.25, 0.3) is 5.91 Å². The normalized spacial score (nSPS) is 19.9. The predicted molar refractivity (Wildman–Crippen MR) is 161 cm³/mol. The van der Waals surface area contributed by atoms with Crippen molar-refractivity contribution in [3.8, 4) is 17.2 Å². The molecule has 2 aromatic carbocycles. The lowest BCUT2D eigenvalue weighted by molar-refractivity contribution is -0.135. The van der Waals surface area contributed by atoms with Crippen LogP contribution in [-0.2, 0) is 34.4 Å². The highest BCUT2D eigenvalue weighted by molar-refractivity contribution is 6.00. The van der Waals surface area contributed by atoms with E-state index < -0.39 is 6.10 Å². The highest BCUT2D eigenvalue weighted by atomic mass is 16.5. The fourth-order valence-electron chi connectivity index (χ4n) is 5.79. The molecule has 7 rings (SSSR count). The molecule has 0 radical (unpaired) electrons. The van der Waals surface area contributed by atoms with Gasteiger partial charge in [-0.1, -0.05) is 18.2 Å². The van der Waals surface area contributed by atoms with Crippen LogP contribution in [0.2, 0.25) is 0 Å². The zero-order valence-electron chi connectivity index (χ0n) is 25.1. The van der Waals surface area contributed by atoms with Crippen LogP contribution in [-0.4, -0.2) is 87.6 Å². The van der Waals surface area contributed by atoms with Crippen molar-refractivity contribution in [2.45, 2.75) is 38.0 Å². The van der Waals surface area contributed by atoms with E-state index in [2.05, 4.69) is 10.4 Å². The quantitative estimate of drug-likeness (QED) is 0.376. The smallest absolute Gasteiger partial charge is 0.259 e. The maximum atomic E-state index is 13.7. The molecular formula is C32H36N6O6. The summed E-state index contributed by atoms with van der Waals surface area (Å²) < 4.78 is 21.7. The van der Waals surface area contributed by atoms with E-state index in [1.54, 1.807) is 36.0 Å². The summed E-state index contributed by atoms with van der Waals surface area (Å²) in [6.07, 6.45) is 5.97. The van der Waals surface area contributed by atoms with Gasteiger partial charge >= 0.3 is 0 Å². The van der Waals surface area contributed by atoms with Crippen molar-refractivity contribution in [3.63, 3.8) is 0 Å². The van der Waals surface area contributed by atoms with Crippen molar-refractivity contribution >= 4 is 23.4 Å². The highest BCUT2D eigenvalue weighted by Crippen LogP contribution is 2.33. The second kappa shape index (κ2) is 12.4. The molecule has 2 aromatic heterocycles. The van der Waals surface area contributed by atoms with Crippen molar-refractivity contribution in [2.75, 3.05) is 33.8 Å². The molecule has 1 fully saturated rings. The summed E-state index contributed by atoms with van der Waals surface area (Å²) in [4.78, 5) is 42.8. The third-order valence-corrected chi connectivity index (χ3v) is 8.21. The van der Waals surface area contributed by atoms with Crippen molar-refractivity contribution in [3.05, 3.63) is 77.7 Å². The van der Waals surface area contributed by atoms with Crippen LogP contribution in [0, 0.1) is 0 Å². The number of amides is 3. The third-order valence-electron chi connectivity index (χ3n) is 8.21. The number of carbonyl (C=O) groups excluding carboxylic acids is 3. The summed E-state index contributed by atoms with van der Waals surface area (Å²) >= 11 is 0. The van der Waals surface area contributed by atoms with E-state index in [0.29, 0.717) is 47.8 Å². The number of ether oxygens (including phenoxy) is 3. The molecule has 5 heterocycles. The number of aromatic nitrogens is 3. The van der Waals surface area contributed by atoms with Crippen molar-refractivity contribution < 1.29 is 28.6 Å². The van der Waals surface area contributed by atoms with Gasteiger partial charge in [0, 0.05) is 46.0 Å². The van der Waals surface area contributed by atoms with Crippen LogP contribution in [0.5, 0.6) is 17.2 Å². The van der Waals surface area contributed by atoms with Gasteiger partial charge in [0.15, 0.2) is 11.5 Å². The largest absolute Gasteiger partial charge is 0.493 e. The van der Waals surface area contributed by atoms with Crippen LogP contribution in [0.15, 0.2) is 61.1 Å². The lowest BCUT2D eigenvalue weighted by Gasteiger charge is -2.38. The van der Waals surface area contributed by atoms with E-state index in [1.807, 2.05) is 60.3 Å².